The smallest absolute Gasteiger partial charge is 0.239 e. The average molecular weight is 649 g/mol. The summed E-state index contributed by atoms with van der Waals surface area (Å²) in [5, 5.41) is 11.7. The van der Waals surface area contributed by atoms with Crippen molar-refractivity contribution in [2.75, 3.05) is 26.2 Å². The highest BCUT2D eigenvalue weighted by Crippen LogP contribution is 2.07. The van der Waals surface area contributed by atoms with Gasteiger partial charge in [0.25, 0.3) is 0 Å². The molecule has 0 spiro atoms. The van der Waals surface area contributed by atoms with Crippen molar-refractivity contribution in [2.45, 2.75) is 158 Å². The van der Waals surface area contributed by atoms with E-state index in [0.717, 1.165) is 77.3 Å². The Morgan fingerprint density at radius 1 is 0.609 bits per heavy atom. The molecule has 3 amide bonds. The summed E-state index contributed by atoms with van der Waals surface area (Å²) in [4.78, 5) is 45.9. The summed E-state index contributed by atoms with van der Waals surface area (Å²) >= 11 is 0. The minimum Gasteiger partial charge on any atom is -0.356 e. The zero-order valence-corrected chi connectivity index (χ0v) is 31.2. The fraction of sp³-hybridized carbons (Fsp3) is 0.737. The van der Waals surface area contributed by atoms with E-state index in [4.69, 9.17) is 0 Å². The Morgan fingerprint density at radius 3 is 1.72 bits per heavy atom. The van der Waals surface area contributed by atoms with E-state index in [2.05, 4.69) is 73.2 Å². The Morgan fingerprint density at radius 2 is 1.13 bits per heavy atom. The number of amides is 3. The van der Waals surface area contributed by atoms with Crippen molar-refractivity contribution >= 4 is 23.5 Å². The molecule has 46 heavy (non-hydrogen) atoms. The van der Waals surface area contributed by atoms with Crippen molar-refractivity contribution in [3.8, 4) is 0 Å². The predicted molar refractivity (Wildman–Crippen MR) is 196 cm³/mol. The molecule has 0 bridgehead atoms. The van der Waals surface area contributed by atoms with Gasteiger partial charge in [-0.15, -0.1) is 0 Å². The van der Waals surface area contributed by atoms with Crippen molar-refractivity contribution in [3.63, 3.8) is 0 Å². The number of rotatable bonds is 23. The lowest BCUT2D eigenvalue weighted by Crippen LogP contribution is -2.37. The molecule has 8 heteroatoms. The maximum Gasteiger partial charge on any atom is 0.239 e. The lowest BCUT2D eigenvalue weighted by atomic mass is 10.1. The number of unbranched alkanes of at least 4 members (excludes halogenated alkanes) is 5. The molecule has 1 aromatic carbocycles. The van der Waals surface area contributed by atoms with E-state index in [1.165, 1.54) is 11.1 Å². The molecular formula is C38H72N4O4. The summed E-state index contributed by atoms with van der Waals surface area (Å²) in [7, 11) is 0. The van der Waals surface area contributed by atoms with E-state index in [-0.39, 0.29) is 24.3 Å². The zero-order chi connectivity index (χ0) is 35.4. The quantitative estimate of drug-likeness (QED) is 0.0912. The SMILES string of the molecule is CC.CC.CCC(=O)CCCCCNC(=O)CNC(=O)CCCCCNC(C)C.CCCCNC(=O)CCCc1ccc(C)cc1. The molecule has 0 heterocycles. The molecule has 4 N–H and O–H groups in total. The van der Waals surface area contributed by atoms with Crippen LogP contribution in [0, 0.1) is 6.92 Å². The van der Waals surface area contributed by atoms with Gasteiger partial charge in [0.15, 0.2) is 0 Å². The summed E-state index contributed by atoms with van der Waals surface area (Å²) in [6.45, 7) is 20.8. The third kappa shape index (κ3) is 35.7. The van der Waals surface area contributed by atoms with Crippen molar-refractivity contribution in [3.05, 3.63) is 35.4 Å². The van der Waals surface area contributed by atoms with Crippen LogP contribution in [-0.4, -0.2) is 55.7 Å². The lowest BCUT2D eigenvalue weighted by Gasteiger charge is -2.08. The Balaban J connectivity index is -0.000000763. The number of aryl methyl sites for hydroxylation is 2. The number of carbonyl (C=O) groups excluding carboxylic acids is 4. The molecule has 8 nitrogen and oxygen atoms in total. The van der Waals surface area contributed by atoms with Crippen LogP contribution in [0.3, 0.4) is 0 Å². The van der Waals surface area contributed by atoms with Gasteiger partial charge in [0.1, 0.15) is 5.78 Å². The molecule has 0 radical (unpaired) electrons. The van der Waals surface area contributed by atoms with E-state index in [9.17, 15) is 19.2 Å². The molecule has 0 saturated carbocycles. The van der Waals surface area contributed by atoms with Gasteiger partial charge in [0, 0.05) is 44.8 Å². The Kier molecular flexibility index (Phi) is 38.1. The monoisotopic (exact) mass is 649 g/mol. The van der Waals surface area contributed by atoms with Gasteiger partial charge >= 0.3 is 0 Å². The topological polar surface area (TPSA) is 116 Å². The van der Waals surface area contributed by atoms with Gasteiger partial charge in [-0.25, -0.2) is 0 Å². The summed E-state index contributed by atoms with van der Waals surface area (Å²) in [6, 6.07) is 9.03. The highest BCUT2D eigenvalue weighted by Gasteiger charge is 2.05. The summed E-state index contributed by atoms with van der Waals surface area (Å²) in [5.74, 6) is 0.262. The summed E-state index contributed by atoms with van der Waals surface area (Å²) < 4.78 is 0. The molecule has 0 fully saturated rings. The number of Topliss-reactive ketones (excluding diaryl/α,β-unsaturated/α-hetero) is 1. The van der Waals surface area contributed by atoms with Crippen LogP contribution in [0.25, 0.3) is 0 Å². The third-order valence-corrected chi connectivity index (χ3v) is 6.77. The standard InChI is InChI=1S/C19H37N3O3.C15H23NO.2C2H6/c1-4-17(23)11-7-5-10-14-21-19(25)15-22-18(24)12-8-6-9-13-20-16(2)3;1-3-4-12-16-15(17)7-5-6-14-10-8-13(2)9-11-14;2*1-2/h16,20H,4-15H2,1-3H3,(H,21,25)(H,22,24);8-11H,3-7,12H2,1-2H3,(H,16,17);2*1-2H3. The van der Waals surface area contributed by atoms with Crippen LogP contribution in [-0.2, 0) is 25.6 Å². The summed E-state index contributed by atoms with van der Waals surface area (Å²) in [5.41, 5.74) is 2.60. The van der Waals surface area contributed by atoms with Gasteiger partial charge in [-0.05, 0) is 64.0 Å². The molecule has 0 atom stereocenters. The van der Waals surface area contributed by atoms with Crippen LogP contribution >= 0.6 is 0 Å². The Bertz CT molecular complexity index is 857. The maximum absolute atomic E-state index is 11.7. The number of ketones is 1. The molecule has 0 aliphatic heterocycles. The first-order chi connectivity index (χ1) is 22.2. The van der Waals surface area contributed by atoms with Crippen molar-refractivity contribution in [2.24, 2.45) is 0 Å². The Labute approximate surface area is 283 Å². The predicted octanol–water partition coefficient (Wildman–Crippen LogP) is 7.60. The van der Waals surface area contributed by atoms with Crippen molar-refractivity contribution < 1.29 is 19.2 Å². The van der Waals surface area contributed by atoms with Gasteiger partial charge in [0.05, 0.1) is 6.54 Å². The van der Waals surface area contributed by atoms with E-state index in [1.54, 1.807) is 0 Å². The van der Waals surface area contributed by atoms with E-state index in [0.29, 0.717) is 44.1 Å². The van der Waals surface area contributed by atoms with Crippen LogP contribution in [0.2, 0.25) is 0 Å². The van der Waals surface area contributed by atoms with Gasteiger partial charge in [-0.1, -0.05) is 104 Å². The van der Waals surface area contributed by atoms with E-state index >= 15 is 0 Å². The third-order valence-electron chi connectivity index (χ3n) is 6.77. The first-order valence-electron chi connectivity index (χ1n) is 18.3. The molecule has 0 aromatic heterocycles. The molecular weight excluding hydrogens is 576 g/mol. The van der Waals surface area contributed by atoms with Crippen LogP contribution in [0.15, 0.2) is 24.3 Å². The normalized spacial score (nSPS) is 9.87. The molecule has 0 saturated heterocycles. The molecule has 268 valence electrons. The minimum absolute atomic E-state index is 0.0437. The Hall–Kier alpha value is -2.74. The largest absolute Gasteiger partial charge is 0.356 e. The zero-order valence-electron chi connectivity index (χ0n) is 31.2. The van der Waals surface area contributed by atoms with Gasteiger partial charge in [-0.3, -0.25) is 19.2 Å². The van der Waals surface area contributed by atoms with Crippen LogP contribution in [0.4, 0.5) is 0 Å². The first kappa shape index (κ1) is 47.7. The highest BCUT2D eigenvalue weighted by molar-refractivity contribution is 5.84. The fourth-order valence-electron chi connectivity index (χ4n) is 4.04. The second kappa shape index (κ2) is 36.7. The molecule has 0 aliphatic carbocycles. The molecule has 0 unspecified atom stereocenters. The van der Waals surface area contributed by atoms with Crippen molar-refractivity contribution in [1.82, 2.24) is 21.3 Å². The second-order valence-corrected chi connectivity index (χ2v) is 11.3. The minimum atomic E-state index is -0.154. The first-order valence-corrected chi connectivity index (χ1v) is 18.3. The maximum atomic E-state index is 11.7. The van der Waals surface area contributed by atoms with Gasteiger partial charge in [-0.2, -0.15) is 0 Å². The highest BCUT2D eigenvalue weighted by atomic mass is 16.2. The number of hydrogen-bond acceptors (Lipinski definition) is 5. The van der Waals surface area contributed by atoms with Crippen LogP contribution < -0.4 is 21.3 Å². The second-order valence-electron chi connectivity index (χ2n) is 11.3. The van der Waals surface area contributed by atoms with Crippen molar-refractivity contribution in [1.29, 1.82) is 0 Å². The van der Waals surface area contributed by atoms with E-state index < -0.39 is 0 Å². The van der Waals surface area contributed by atoms with Crippen LogP contribution in [0.1, 0.15) is 150 Å². The van der Waals surface area contributed by atoms with Gasteiger partial charge in [0.2, 0.25) is 17.7 Å². The average Bonchev–Trinajstić information content (AvgIpc) is 3.06. The molecule has 1 rings (SSSR count). The molecule has 0 aliphatic rings. The number of benzene rings is 1. The van der Waals surface area contributed by atoms with Gasteiger partial charge < -0.3 is 21.3 Å². The fourth-order valence-corrected chi connectivity index (χ4v) is 4.04. The lowest BCUT2D eigenvalue weighted by molar-refractivity contribution is -0.126. The number of hydrogen-bond donors (Lipinski definition) is 4. The number of nitrogens with one attached hydrogen (secondary N) is 4. The van der Waals surface area contributed by atoms with E-state index in [1.807, 2.05) is 34.6 Å². The molecule has 1 aromatic rings. The van der Waals surface area contributed by atoms with Crippen LogP contribution in [0.5, 0.6) is 0 Å². The summed E-state index contributed by atoms with van der Waals surface area (Å²) in [6.07, 6.45) is 12.1. The number of carbonyl (C=O) groups is 4.